The van der Waals surface area contributed by atoms with Gasteiger partial charge in [-0.05, 0) is 29.8 Å². The molecule has 5 rings (SSSR count). The highest BCUT2D eigenvalue weighted by Crippen LogP contribution is 2.49. The SMILES string of the molecule is COc1ccc(-c2ccc3n(c2=O)C[C@H]2[C@H](CO)[C@@H](C(=O)N(C)C)[C@@H]3N2Cc2cncnc2)cc1. The lowest BCUT2D eigenvalue weighted by atomic mass is 9.86. The summed E-state index contributed by atoms with van der Waals surface area (Å²) in [7, 11) is 5.07. The van der Waals surface area contributed by atoms with E-state index in [0.29, 0.717) is 18.7 Å². The van der Waals surface area contributed by atoms with Crippen molar-refractivity contribution in [1.82, 2.24) is 24.3 Å². The fourth-order valence-corrected chi connectivity index (χ4v) is 5.63. The van der Waals surface area contributed by atoms with Crippen molar-refractivity contribution in [1.29, 1.82) is 0 Å². The number of fused-ring (bicyclic) bond motifs is 4. The molecule has 1 saturated heterocycles. The Morgan fingerprint density at radius 2 is 1.86 bits per heavy atom. The van der Waals surface area contributed by atoms with E-state index in [-0.39, 0.29) is 36.1 Å². The minimum absolute atomic E-state index is 0.0500. The first-order chi connectivity index (χ1) is 16.9. The predicted octanol–water partition coefficient (Wildman–Crippen LogP) is 1.57. The molecule has 9 nitrogen and oxygen atoms in total. The van der Waals surface area contributed by atoms with E-state index in [1.165, 1.54) is 6.33 Å². The number of benzene rings is 1. The number of carbonyl (C=O) groups excluding carboxylic acids is 1. The van der Waals surface area contributed by atoms with Crippen molar-refractivity contribution in [2.24, 2.45) is 11.8 Å². The zero-order valence-electron chi connectivity index (χ0n) is 20.0. The zero-order valence-corrected chi connectivity index (χ0v) is 20.0. The second-order valence-electron chi connectivity index (χ2n) is 9.35. The minimum atomic E-state index is -0.468. The summed E-state index contributed by atoms with van der Waals surface area (Å²) in [5.41, 5.74) is 3.01. The second kappa shape index (κ2) is 9.24. The standard InChI is InChI=1S/C26H29N5O4/c1-29(2)26(34)23-20(14-32)22-13-31-21(24(23)30(22)12-16-10-27-15-28-11-16)9-8-19(25(31)33)17-4-6-18(35-3)7-5-17/h4-11,15,20,22-24,32H,12-14H2,1-3H3/t20-,22-,23+,24+/m0/s1. The van der Waals surface area contributed by atoms with Crippen molar-refractivity contribution < 1.29 is 14.6 Å². The van der Waals surface area contributed by atoms with E-state index in [9.17, 15) is 14.7 Å². The van der Waals surface area contributed by atoms with Crippen molar-refractivity contribution in [3.63, 3.8) is 0 Å². The lowest BCUT2D eigenvalue weighted by Crippen LogP contribution is -2.46. The number of amides is 1. The highest BCUT2D eigenvalue weighted by atomic mass is 16.5. The fourth-order valence-electron chi connectivity index (χ4n) is 5.63. The molecule has 35 heavy (non-hydrogen) atoms. The molecular weight excluding hydrogens is 446 g/mol. The monoisotopic (exact) mass is 475 g/mol. The smallest absolute Gasteiger partial charge is 0.258 e. The molecule has 4 heterocycles. The predicted molar refractivity (Wildman–Crippen MR) is 130 cm³/mol. The number of hydrogen-bond acceptors (Lipinski definition) is 7. The molecule has 1 amide bonds. The molecule has 0 unspecified atom stereocenters. The molecule has 0 radical (unpaired) electrons. The zero-order chi connectivity index (χ0) is 24.7. The van der Waals surface area contributed by atoms with Gasteiger partial charge in [0.1, 0.15) is 12.1 Å². The number of rotatable bonds is 6. The van der Waals surface area contributed by atoms with Gasteiger partial charge >= 0.3 is 0 Å². The van der Waals surface area contributed by atoms with Crippen molar-refractivity contribution in [3.05, 3.63) is 76.7 Å². The fraction of sp³-hybridized carbons (Fsp3) is 0.385. The summed E-state index contributed by atoms with van der Waals surface area (Å²) in [5, 5.41) is 10.4. The summed E-state index contributed by atoms with van der Waals surface area (Å²) in [4.78, 5) is 39.1. The third kappa shape index (κ3) is 3.90. The van der Waals surface area contributed by atoms with Crippen molar-refractivity contribution in [2.75, 3.05) is 27.8 Å². The van der Waals surface area contributed by atoms with Crippen LogP contribution in [-0.2, 0) is 17.9 Å². The average Bonchev–Trinajstić information content (AvgIpc) is 3.08. The van der Waals surface area contributed by atoms with Crippen LogP contribution in [0.25, 0.3) is 11.1 Å². The first kappa shape index (κ1) is 23.2. The topological polar surface area (TPSA) is 101 Å². The minimum Gasteiger partial charge on any atom is -0.497 e. The highest BCUT2D eigenvalue weighted by Gasteiger charge is 2.56. The van der Waals surface area contributed by atoms with Crippen LogP contribution in [-0.4, -0.2) is 69.2 Å². The number of ether oxygens (including phenoxy) is 1. The van der Waals surface area contributed by atoms with E-state index in [4.69, 9.17) is 4.74 Å². The third-order valence-corrected chi connectivity index (χ3v) is 7.28. The average molecular weight is 476 g/mol. The van der Waals surface area contributed by atoms with Gasteiger partial charge in [0.25, 0.3) is 5.56 Å². The normalized spacial score (nSPS) is 23.1. The van der Waals surface area contributed by atoms with Gasteiger partial charge in [0, 0.05) is 75.0 Å². The molecule has 0 saturated carbocycles. The summed E-state index contributed by atoms with van der Waals surface area (Å²) in [6, 6.07) is 10.7. The summed E-state index contributed by atoms with van der Waals surface area (Å²) in [5.74, 6) is -0.0971. The van der Waals surface area contributed by atoms with E-state index in [1.54, 1.807) is 43.1 Å². The third-order valence-electron chi connectivity index (χ3n) is 7.28. The Balaban J connectivity index is 1.62. The van der Waals surface area contributed by atoms with Gasteiger partial charge in [0.2, 0.25) is 5.91 Å². The molecule has 4 atom stereocenters. The molecule has 1 fully saturated rings. The number of methoxy groups -OCH3 is 1. The molecule has 3 aromatic rings. The van der Waals surface area contributed by atoms with E-state index in [0.717, 1.165) is 22.6 Å². The molecule has 0 aliphatic carbocycles. The Kier molecular flexibility index (Phi) is 6.12. The van der Waals surface area contributed by atoms with Crippen molar-refractivity contribution >= 4 is 5.91 Å². The van der Waals surface area contributed by atoms with Gasteiger partial charge in [0.05, 0.1) is 19.1 Å². The van der Waals surface area contributed by atoms with Crippen LogP contribution in [0, 0.1) is 11.8 Å². The van der Waals surface area contributed by atoms with Crippen LogP contribution >= 0.6 is 0 Å². The molecule has 2 bridgehead atoms. The lowest BCUT2D eigenvalue weighted by molar-refractivity contribution is -0.135. The molecule has 1 aromatic carbocycles. The van der Waals surface area contributed by atoms with E-state index < -0.39 is 5.92 Å². The van der Waals surface area contributed by atoms with Crippen LogP contribution in [0.4, 0.5) is 0 Å². The van der Waals surface area contributed by atoms with E-state index in [1.807, 2.05) is 36.4 Å². The molecule has 9 heteroatoms. The van der Waals surface area contributed by atoms with Crippen molar-refractivity contribution in [3.8, 4) is 16.9 Å². The van der Waals surface area contributed by atoms with Gasteiger partial charge in [-0.15, -0.1) is 0 Å². The van der Waals surface area contributed by atoms with E-state index >= 15 is 0 Å². The van der Waals surface area contributed by atoms with Gasteiger partial charge in [-0.1, -0.05) is 12.1 Å². The first-order valence-electron chi connectivity index (χ1n) is 11.6. The number of hydrogen-bond donors (Lipinski definition) is 1. The van der Waals surface area contributed by atoms with Crippen LogP contribution in [0.2, 0.25) is 0 Å². The van der Waals surface area contributed by atoms with Gasteiger partial charge in [0.15, 0.2) is 0 Å². The number of carbonyl (C=O) groups is 1. The van der Waals surface area contributed by atoms with Crippen LogP contribution in [0.15, 0.2) is 59.9 Å². The van der Waals surface area contributed by atoms with Crippen LogP contribution < -0.4 is 10.3 Å². The molecule has 182 valence electrons. The Hall–Kier alpha value is -3.56. The number of nitrogens with zero attached hydrogens (tertiary/aromatic N) is 5. The molecule has 2 aromatic heterocycles. The summed E-state index contributed by atoms with van der Waals surface area (Å²) in [6.07, 6.45) is 5.01. The Labute approximate surface area is 203 Å². The van der Waals surface area contributed by atoms with Crippen LogP contribution in [0.3, 0.4) is 0 Å². The number of aliphatic hydroxyl groups excluding tert-OH is 1. The molecular formula is C26H29N5O4. The summed E-state index contributed by atoms with van der Waals surface area (Å²) < 4.78 is 7.03. The Morgan fingerprint density at radius 3 is 2.49 bits per heavy atom. The number of aliphatic hydroxyl groups is 1. The first-order valence-corrected chi connectivity index (χ1v) is 11.6. The quantitative estimate of drug-likeness (QED) is 0.578. The molecule has 2 aliphatic rings. The lowest BCUT2D eigenvalue weighted by Gasteiger charge is -2.38. The summed E-state index contributed by atoms with van der Waals surface area (Å²) in [6.45, 7) is 0.782. The van der Waals surface area contributed by atoms with Gasteiger partial charge in [-0.2, -0.15) is 0 Å². The Morgan fingerprint density at radius 1 is 1.14 bits per heavy atom. The van der Waals surface area contributed by atoms with Crippen molar-refractivity contribution in [2.45, 2.75) is 25.2 Å². The molecule has 1 N–H and O–H groups in total. The maximum Gasteiger partial charge on any atom is 0.258 e. The highest BCUT2D eigenvalue weighted by molar-refractivity contribution is 5.80. The maximum absolute atomic E-state index is 13.7. The largest absolute Gasteiger partial charge is 0.497 e. The number of pyridine rings is 1. The molecule has 2 aliphatic heterocycles. The van der Waals surface area contributed by atoms with Gasteiger partial charge in [-0.3, -0.25) is 14.5 Å². The molecule has 0 spiro atoms. The van der Waals surface area contributed by atoms with E-state index in [2.05, 4.69) is 14.9 Å². The van der Waals surface area contributed by atoms with Crippen LogP contribution in [0.1, 0.15) is 17.3 Å². The second-order valence-corrected chi connectivity index (χ2v) is 9.35. The number of aromatic nitrogens is 3. The van der Waals surface area contributed by atoms with Crippen LogP contribution in [0.5, 0.6) is 5.75 Å². The maximum atomic E-state index is 13.7. The van der Waals surface area contributed by atoms with Gasteiger partial charge < -0.3 is 19.3 Å². The van der Waals surface area contributed by atoms with Gasteiger partial charge in [-0.25, -0.2) is 9.97 Å². The Bertz CT molecular complexity index is 1280. The summed E-state index contributed by atoms with van der Waals surface area (Å²) >= 11 is 0.